The molecular formula is C14H23N3O. The molecule has 1 fully saturated rings. The minimum absolute atomic E-state index is 0.129. The smallest absolute Gasteiger partial charge is 0.270 e. The van der Waals surface area contributed by atoms with Crippen LogP contribution in [0.4, 0.5) is 5.69 Å². The Kier molecular flexibility index (Phi) is 3.64. The van der Waals surface area contributed by atoms with Gasteiger partial charge in [-0.2, -0.15) is 0 Å². The molecule has 4 nitrogen and oxygen atoms in total. The summed E-state index contributed by atoms with van der Waals surface area (Å²) in [7, 11) is 0. The van der Waals surface area contributed by atoms with E-state index in [9.17, 15) is 4.79 Å². The van der Waals surface area contributed by atoms with E-state index in [2.05, 4.69) is 13.8 Å². The molecule has 0 bridgehead atoms. The number of nitrogens with two attached hydrogens (primary N) is 1. The Morgan fingerprint density at radius 1 is 1.56 bits per heavy atom. The average Bonchev–Trinajstić information content (AvgIpc) is 3.08. The Morgan fingerprint density at radius 3 is 2.72 bits per heavy atom. The van der Waals surface area contributed by atoms with Crippen LogP contribution in [0.3, 0.4) is 0 Å². The van der Waals surface area contributed by atoms with Crippen molar-refractivity contribution < 1.29 is 4.79 Å². The van der Waals surface area contributed by atoms with E-state index in [-0.39, 0.29) is 5.91 Å². The monoisotopic (exact) mass is 249 g/mol. The second kappa shape index (κ2) is 5.04. The van der Waals surface area contributed by atoms with Crippen LogP contribution in [-0.4, -0.2) is 28.0 Å². The summed E-state index contributed by atoms with van der Waals surface area (Å²) in [5, 5.41) is 0. The van der Waals surface area contributed by atoms with Gasteiger partial charge < -0.3 is 15.2 Å². The van der Waals surface area contributed by atoms with Crippen molar-refractivity contribution in [2.75, 3.05) is 12.3 Å². The molecular weight excluding hydrogens is 226 g/mol. The molecule has 1 heterocycles. The molecule has 1 aromatic rings. The third-order valence-corrected chi connectivity index (χ3v) is 3.29. The molecule has 100 valence electrons. The fraction of sp³-hybridized carbons (Fsp3) is 0.643. The maximum absolute atomic E-state index is 12.6. The van der Waals surface area contributed by atoms with E-state index >= 15 is 0 Å². The summed E-state index contributed by atoms with van der Waals surface area (Å²) in [5.41, 5.74) is 7.19. The van der Waals surface area contributed by atoms with Gasteiger partial charge in [-0.15, -0.1) is 0 Å². The number of nitrogen functional groups attached to an aromatic ring is 1. The average molecular weight is 249 g/mol. The highest BCUT2D eigenvalue weighted by molar-refractivity contribution is 5.94. The number of hydrogen-bond acceptors (Lipinski definition) is 2. The van der Waals surface area contributed by atoms with Crippen molar-refractivity contribution in [3.63, 3.8) is 0 Å². The molecule has 1 saturated carbocycles. The van der Waals surface area contributed by atoms with E-state index < -0.39 is 0 Å². The third kappa shape index (κ3) is 2.68. The first-order valence-corrected chi connectivity index (χ1v) is 6.79. The van der Waals surface area contributed by atoms with Crippen molar-refractivity contribution in [1.82, 2.24) is 9.47 Å². The first-order valence-electron chi connectivity index (χ1n) is 6.79. The van der Waals surface area contributed by atoms with Gasteiger partial charge >= 0.3 is 0 Å². The summed E-state index contributed by atoms with van der Waals surface area (Å²) in [6.07, 6.45) is 4.12. The largest absolute Gasteiger partial charge is 0.397 e. The zero-order valence-electron chi connectivity index (χ0n) is 11.5. The minimum Gasteiger partial charge on any atom is -0.397 e. The molecule has 2 rings (SSSR count). The van der Waals surface area contributed by atoms with Crippen molar-refractivity contribution in [3.05, 3.63) is 18.0 Å². The topological polar surface area (TPSA) is 51.3 Å². The SMILES string of the molecule is CCn1cc(N)cc1C(=O)N(CC(C)C)C1CC1. The van der Waals surface area contributed by atoms with Gasteiger partial charge in [-0.05, 0) is 31.7 Å². The van der Waals surface area contributed by atoms with E-state index in [0.717, 1.165) is 31.6 Å². The van der Waals surface area contributed by atoms with Crippen LogP contribution in [0.1, 0.15) is 44.1 Å². The molecule has 0 unspecified atom stereocenters. The van der Waals surface area contributed by atoms with Crippen molar-refractivity contribution >= 4 is 11.6 Å². The summed E-state index contributed by atoms with van der Waals surface area (Å²) in [4.78, 5) is 14.6. The van der Waals surface area contributed by atoms with Gasteiger partial charge in [-0.25, -0.2) is 0 Å². The number of aryl methyl sites for hydroxylation is 1. The van der Waals surface area contributed by atoms with Crippen LogP contribution in [0.5, 0.6) is 0 Å². The molecule has 1 aliphatic carbocycles. The van der Waals surface area contributed by atoms with Gasteiger partial charge in [-0.3, -0.25) is 4.79 Å². The Bertz CT molecular complexity index is 432. The predicted molar refractivity (Wildman–Crippen MR) is 73.4 cm³/mol. The summed E-state index contributed by atoms with van der Waals surface area (Å²) in [5.74, 6) is 0.627. The normalized spacial score (nSPS) is 15.1. The van der Waals surface area contributed by atoms with E-state index in [1.54, 1.807) is 6.07 Å². The van der Waals surface area contributed by atoms with Crippen LogP contribution >= 0.6 is 0 Å². The Morgan fingerprint density at radius 2 is 2.22 bits per heavy atom. The van der Waals surface area contributed by atoms with E-state index in [0.29, 0.717) is 17.6 Å². The van der Waals surface area contributed by atoms with Crippen molar-refractivity contribution in [2.24, 2.45) is 5.92 Å². The Balaban J connectivity index is 2.21. The Hall–Kier alpha value is -1.45. The van der Waals surface area contributed by atoms with Crippen LogP contribution in [0.2, 0.25) is 0 Å². The van der Waals surface area contributed by atoms with Gasteiger partial charge in [0.25, 0.3) is 5.91 Å². The van der Waals surface area contributed by atoms with Gasteiger partial charge in [0, 0.05) is 25.3 Å². The van der Waals surface area contributed by atoms with Crippen LogP contribution in [0.15, 0.2) is 12.3 Å². The highest BCUT2D eigenvalue weighted by Gasteiger charge is 2.34. The van der Waals surface area contributed by atoms with Crippen LogP contribution < -0.4 is 5.73 Å². The molecule has 0 spiro atoms. The van der Waals surface area contributed by atoms with Crippen LogP contribution in [-0.2, 0) is 6.54 Å². The van der Waals surface area contributed by atoms with Crippen molar-refractivity contribution in [2.45, 2.75) is 46.2 Å². The molecule has 2 N–H and O–H groups in total. The van der Waals surface area contributed by atoms with Crippen molar-refractivity contribution in [3.8, 4) is 0 Å². The van der Waals surface area contributed by atoms with Gasteiger partial charge in [0.1, 0.15) is 5.69 Å². The summed E-state index contributed by atoms with van der Waals surface area (Å²) in [6.45, 7) is 7.93. The molecule has 0 atom stereocenters. The lowest BCUT2D eigenvalue weighted by atomic mass is 10.2. The number of rotatable bonds is 5. The fourth-order valence-corrected chi connectivity index (χ4v) is 2.30. The van der Waals surface area contributed by atoms with Gasteiger partial charge in [0.15, 0.2) is 0 Å². The number of carbonyl (C=O) groups excluding carboxylic acids is 1. The highest BCUT2D eigenvalue weighted by atomic mass is 16.2. The summed E-state index contributed by atoms with van der Waals surface area (Å²) < 4.78 is 1.94. The molecule has 0 aromatic carbocycles. The first kappa shape index (κ1) is 13.0. The second-order valence-electron chi connectivity index (χ2n) is 5.53. The zero-order valence-corrected chi connectivity index (χ0v) is 11.5. The Labute approximate surface area is 109 Å². The van der Waals surface area contributed by atoms with E-state index in [1.165, 1.54) is 0 Å². The number of amides is 1. The van der Waals surface area contributed by atoms with Gasteiger partial charge in [0.05, 0.1) is 5.69 Å². The number of hydrogen-bond donors (Lipinski definition) is 1. The lowest BCUT2D eigenvalue weighted by molar-refractivity contribution is 0.0711. The third-order valence-electron chi connectivity index (χ3n) is 3.29. The van der Waals surface area contributed by atoms with Crippen molar-refractivity contribution in [1.29, 1.82) is 0 Å². The predicted octanol–water partition coefficient (Wildman–Crippen LogP) is 2.35. The maximum atomic E-state index is 12.6. The molecule has 1 amide bonds. The maximum Gasteiger partial charge on any atom is 0.270 e. The molecule has 0 saturated heterocycles. The first-order chi connectivity index (χ1) is 8.52. The quantitative estimate of drug-likeness (QED) is 0.871. The molecule has 1 aliphatic rings. The second-order valence-corrected chi connectivity index (χ2v) is 5.53. The lowest BCUT2D eigenvalue weighted by Crippen LogP contribution is -2.37. The number of anilines is 1. The van der Waals surface area contributed by atoms with Crippen LogP contribution in [0, 0.1) is 5.92 Å². The fourth-order valence-electron chi connectivity index (χ4n) is 2.30. The van der Waals surface area contributed by atoms with E-state index in [1.807, 2.05) is 22.6 Å². The lowest BCUT2D eigenvalue weighted by Gasteiger charge is -2.24. The molecule has 4 heteroatoms. The molecule has 18 heavy (non-hydrogen) atoms. The number of nitrogens with zero attached hydrogens (tertiary/aromatic N) is 2. The van der Waals surface area contributed by atoms with E-state index in [4.69, 9.17) is 5.73 Å². The molecule has 0 radical (unpaired) electrons. The summed E-state index contributed by atoms with van der Waals surface area (Å²) >= 11 is 0. The standard InChI is InChI=1S/C14H23N3O/c1-4-16-9-11(15)7-13(16)14(18)17(8-10(2)3)12-5-6-12/h7,9-10,12H,4-6,8,15H2,1-3H3. The highest BCUT2D eigenvalue weighted by Crippen LogP contribution is 2.29. The number of aromatic nitrogens is 1. The zero-order chi connectivity index (χ0) is 13.3. The number of carbonyl (C=O) groups is 1. The minimum atomic E-state index is 0.129. The van der Waals surface area contributed by atoms with Gasteiger partial charge in [-0.1, -0.05) is 13.8 Å². The summed E-state index contributed by atoms with van der Waals surface area (Å²) in [6, 6.07) is 2.24. The van der Waals surface area contributed by atoms with Gasteiger partial charge in [0.2, 0.25) is 0 Å². The molecule has 1 aromatic heterocycles. The van der Waals surface area contributed by atoms with Crippen LogP contribution in [0.25, 0.3) is 0 Å². The molecule has 0 aliphatic heterocycles.